The number of alkyl halides is 3. The number of sulfonamides is 1. The van der Waals surface area contributed by atoms with Crippen molar-refractivity contribution < 1.29 is 31.8 Å². The maximum absolute atomic E-state index is 13.3. The van der Waals surface area contributed by atoms with Gasteiger partial charge in [-0.3, -0.25) is 0 Å². The Labute approximate surface area is 149 Å². The van der Waals surface area contributed by atoms with E-state index < -0.39 is 44.5 Å². The van der Waals surface area contributed by atoms with Crippen molar-refractivity contribution in [1.29, 1.82) is 0 Å². The lowest BCUT2D eigenvalue weighted by Gasteiger charge is -2.23. The lowest BCUT2D eigenvalue weighted by molar-refractivity contribution is -0.137. The molecule has 0 aliphatic carbocycles. The summed E-state index contributed by atoms with van der Waals surface area (Å²) in [5, 5.41) is 20.2. The van der Waals surface area contributed by atoms with Gasteiger partial charge in [0, 0.05) is 24.8 Å². The Balaban J connectivity index is 3.15. The molecule has 7 nitrogen and oxygen atoms in total. The molecule has 0 saturated carbocycles. The molecule has 0 fully saturated rings. The highest BCUT2D eigenvalue weighted by molar-refractivity contribution is 7.89. The minimum atomic E-state index is -4.83. The van der Waals surface area contributed by atoms with Crippen molar-refractivity contribution in [2.45, 2.75) is 24.9 Å². The summed E-state index contributed by atoms with van der Waals surface area (Å²) in [6.07, 6.45) is -4.04. The van der Waals surface area contributed by atoms with Crippen molar-refractivity contribution in [3.05, 3.63) is 17.8 Å². The number of nitrogens with zero attached hydrogens (tertiary/aromatic N) is 1. The molecule has 1 heterocycles. The van der Waals surface area contributed by atoms with Crippen molar-refractivity contribution in [2.75, 3.05) is 31.6 Å². The van der Waals surface area contributed by atoms with Gasteiger partial charge in [-0.1, -0.05) is 25.7 Å². The van der Waals surface area contributed by atoms with Gasteiger partial charge in [0.1, 0.15) is 17.3 Å². The lowest BCUT2D eigenvalue weighted by Crippen LogP contribution is -2.28. The first-order valence-corrected chi connectivity index (χ1v) is 8.89. The minimum absolute atomic E-state index is 0.000670. The predicted octanol–water partition coefficient (Wildman–Crippen LogP) is 0.805. The Bertz CT molecular complexity index is 784. The van der Waals surface area contributed by atoms with Crippen LogP contribution in [-0.2, 0) is 16.2 Å². The van der Waals surface area contributed by atoms with Gasteiger partial charge in [0.05, 0.1) is 12.1 Å². The number of hydrogen-bond donors (Lipinski definition) is 4. The number of rotatable bonds is 7. The van der Waals surface area contributed by atoms with Gasteiger partial charge in [-0.25, -0.2) is 13.4 Å². The molecule has 0 aliphatic heterocycles. The van der Waals surface area contributed by atoms with Crippen molar-refractivity contribution in [3.8, 4) is 11.8 Å². The summed E-state index contributed by atoms with van der Waals surface area (Å²) >= 11 is 0. The first-order valence-electron chi connectivity index (χ1n) is 7.41. The first kappa shape index (κ1) is 22.2. The van der Waals surface area contributed by atoms with Gasteiger partial charge in [0.15, 0.2) is 0 Å². The molecule has 0 atom stereocenters. The molecule has 0 radical (unpaired) electrons. The lowest BCUT2D eigenvalue weighted by atomic mass is 9.95. The molecule has 0 saturated heterocycles. The second-order valence-electron chi connectivity index (χ2n) is 6.08. The summed E-state index contributed by atoms with van der Waals surface area (Å²) in [6, 6.07) is 0.475. The summed E-state index contributed by atoms with van der Waals surface area (Å²) in [7, 11) is -4.25. The van der Waals surface area contributed by atoms with Crippen LogP contribution in [0.15, 0.2) is 17.2 Å². The van der Waals surface area contributed by atoms with Crippen LogP contribution in [0.1, 0.15) is 19.4 Å². The van der Waals surface area contributed by atoms with E-state index in [1.54, 1.807) is 13.8 Å². The van der Waals surface area contributed by atoms with Crippen molar-refractivity contribution >= 4 is 15.8 Å². The highest BCUT2D eigenvalue weighted by Crippen LogP contribution is 2.35. The van der Waals surface area contributed by atoms with E-state index in [9.17, 15) is 26.7 Å². The number of aliphatic hydroxyl groups is 2. The number of anilines is 1. The minimum Gasteiger partial charge on any atom is -0.396 e. The van der Waals surface area contributed by atoms with E-state index in [-0.39, 0.29) is 19.7 Å². The van der Waals surface area contributed by atoms with Crippen LogP contribution >= 0.6 is 0 Å². The molecule has 0 spiro atoms. The smallest absolute Gasteiger partial charge is 0.396 e. The molecular weight excluding hydrogens is 375 g/mol. The molecule has 146 valence electrons. The van der Waals surface area contributed by atoms with E-state index in [4.69, 9.17) is 5.11 Å². The molecule has 0 amide bonds. The Kier molecular flexibility index (Phi) is 7.40. The molecule has 0 unspecified atom stereocenters. The molecule has 26 heavy (non-hydrogen) atoms. The monoisotopic (exact) mass is 395 g/mol. The van der Waals surface area contributed by atoms with Crippen molar-refractivity contribution in [1.82, 2.24) is 9.71 Å². The molecule has 1 aromatic heterocycles. The van der Waals surface area contributed by atoms with Crippen LogP contribution in [0, 0.1) is 17.3 Å². The summed E-state index contributed by atoms with van der Waals surface area (Å²) in [4.78, 5) is 2.92. The number of hydrogen-bond acceptors (Lipinski definition) is 6. The Hall–Kier alpha value is -1.87. The highest BCUT2D eigenvalue weighted by atomic mass is 32.2. The third-order valence-corrected chi connectivity index (χ3v) is 4.56. The predicted molar refractivity (Wildman–Crippen MR) is 88.6 cm³/mol. The van der Waals surface area contributed by atoms with Crippen LogP contribution in [0.3, 0.4) is 0 Å². The average Bonchev–Trinajstić information content (AvgIpc) is 2.56. The van der Waals surface area contributed by atoms with Gasteiger partial charge in [0.25, 0.3) is 0 Å². The zero-order valence-electron chi connectivity index (χ0n) is 14.2. The number of aromatic nitrogens is 1. The fraction of sp³-hybridized carbons (Fsp3) is 0.533. The Morgan fingerprint density at radius 3 is 2.42 bits per heavy atom. The third-order valence-electron chi connectivity index (χ3n) is 3.20. The van der Waals surface area contributed by atoms with Crippen molar-refractivity contribution in [3.63, 3.8) is 0 Å². The largest absolute Gasteiger partial charge is 0.419 e. The van der Waals surface area contributed by atoms with Crippen LogP contribution in [-0.4, -0.2) is 49.9 Å². The topological polar surface area (TPSA) is 112 Å². The zero-order valence-corrected chi connectivity index (χ0v) is 15.0. The maximum Gasteiger partial charge on any atom is 0.419 e. The normalized spacial score (nSPS) is 12.4. The van der Waals surface area contributed by atoms with Crippen LogP contribution in [0.4, 0.5) is 19.0 Å². The first-order chi connectivity index (χ1) is 11.9. The van der Waals surface area contributed by atoms with Gasteiger partial charge in [0.2, 0.25) is 10.0 Å². The average molecular weight is 395 g/mol. The fourth-order valence-electron chi connectivity index (χ4n) is 1.66. The molecule has 1 aromatic rings. The van der Waals surface area contributed by atoms with Gasteiger partial charge in [-0.05, 0) is 6.07 Å². The second kappa shape index (κ2) is 8.68. The summed E-state index contributed by atoms with van der Waals surface area (Å²) < 4.78 is 65.9. The molecule has 0 bridgehead atoms. The van der Waals surface area contributed by atoms with Crippen LogP contribution in [0.5, 0.6) is 0 Å². The third kappa shape index (κ3) is 6.45. The number of halogens is 3. The summed E-state index contributed by atoms with van der Waals surface area (Å²) in [5.41, 5.74) is -1.93. The standard InChI is InChI=1S/C15H20F3N3O4S/c1-14(2,10-23)9-20-13-12(15(16,17)18)7-11(8-19-13)26(24,25)21-5-3-4-6-22/h7-8,21-23H,5-6,9-10H2,1-2H3,(H,19,20). The SMILES string of the molecule is CC(C)(CO)CNc1ncc(S(=O)(=O)NCC#CCO)cc1C(F)(F)F. The van der Waals surface area contributed by atoms with Gasteiger partial charge >= 0.3 is 6.18 Å². The molecule has 1 rings (SSSR count). The number of pyridine rings is 1. The fourth-order valence-corrected chi connectivity index (χ4v) is 2.55. The van der Waals surface area contributed by atoms with E-state index in [0.29, 0.717) is 6.07 Å². The van der Waals surface area contributed by atoms with E-state index in [2.05, 4.69) is 22.1 Å². The van der Waals surface area contributed by atoms with E-state index in [1.807, 2.05) is 4.72 Å². The van der Waals surface area contributed by atoms with E-state index in [1.165, 1.54) is 0 Å². The molecular formula is C15H20F3N3O4S. The second-order valence-corrected chi connectivity index (χ2v) is 7.84. The molecule has 0 aliphatic rings. The molecule has 4 N–H and O–H groups in total. The van der Waals surface area contributed by atoms with Crippen LogP contribution in [0.2, 0.25) is 0 Å². The Morgan fingerprint density at radius 2 is 1.88 bits per heavy atom. The summed E-state index contributed by atoms with van der Waals surface area (Å²) in [6.45, 7) is 2.20. The van der Waals surface area contributed by atoms with Crippen LogP contribution < -0.4 is 10.0 Å². The molecule has 11 heteroatoms. The quantitative estimate of drug-likeness (QED) is 0.509. The van der Waals surface area contributed by atoms with Crippen molar-refractivity contribution in [2.24, 2.45) is 5.41 Å². The highest BCUT2D eigenvalue weighted by Gasteiger charge is 2.36. The van der Waals surface area contributed by atoms with E-state index in [0.717, 1.165) is 6.20 Å². The summed E-state index contributed by atoms with van der Waals surface area (Å²) in [5.74, 6) is 3.97. The van der Waals surface area contributed by atoms with Gasteiger partial charge in [-0.15, -0.1) is 0 Å². The van der Waals surface area contributed by atoms with Gasteiger partial charge in [-0.2, -0.15) is 17.9 Å². The Morgan fingerprint density at radius 1 is 1.23 bits per heavy atom. The molecule has 0 aromatic carbocycles. The number of nitrogens with one attached hydrogen (secondary N) is 2. The van der Waals surface area contributed by atoms with Gasteiger partial charge < -0.3 is 15.5 Å². The van der Waals surface area contributed by atoms with E-state index >= 15 is 0 Å². The maximum atomic E-state index is 13.3. The number of aliphatic hydroxyl groups excluding tert-OH is 2. The zero-order chi connectivity index (χ0) is 20.0. The van der Waals surface area contributed by atoms with Crippen LogP contribution in [0.25, 0.3) is 0 Å².